The van der Waals surface area contributed by atoms with Gasteiger partial charge in [0.15, 0.2) is 11.5 Å². The first kappa shape index (κ1) is 20.4. The molecule has 0 saturated carbocycles. The van der Waals surface area contributed by atoms with Crippen molar-refractivity contribution in [2.75, 3.05) is 53.6 Å². The molecule has 0 radical (unpaired) electrons. The Morgan fingerprint density at radius 3 is 2.39 bits per heavy atom. The molecule has 1 aliphatic rings. The van der Waals surface area contributed by atoms with Crippen LogP contribution in [0.3, 0.4) is 0 Å². The summed E-state index contributed by atoms with van der Waals surface area (Å²) < 4.78 is 16.4. The second-order valence-electron chi connectivity index (χ2n) is 6.59. The number of ether oxygens (including phenoxy) is 3. The van der Waals surface area contributed by atoms with Gasteiger partial charge in [0.05, 0.1) is 19.2 Å². The first-order valence-corrected chi connectivity index (χ1v) is 9.81. The van der Waals surface area contributed by atoms with E-state index in [0.29, 0.717) is 11.6 Å². The van der Waals surface area contributed by atoms with Crippen LogP contribution >= 0.6 is 11.6 Å². The summed E-state index contributed by atoms with van der Waals surface area (Å²) in [5.41, 5.74) is 1.09. The highest BCUT2D eigenvalue weighted by atomic mass is 35.5. The van der Waals surface area contributed by atoms with E-state index in [-0.39, 0.29) is 0 Å². The van der Waals surface area contributed by atoms with Crippen molar-refractivity contribution in [1.82, 2.24) is 9.80 Å². The molecule has 2 aromatic rings. The van der Waals surface area contributed by atoms with E-state index in [0.717, 1.165) is 55.5 Å². The molecular weight excluding hydrogens is 376 g/mol. The van der Waals surface area contributed by atoms with Crippen LogP contribution in [0, 0.1) is 0 Å². The summed E-state index contributed by atoms with van der Waals surface area (Å²) in [6.45, 7) is 5.57. The van der Waals surface area contributed by atoms with Gasteiger partial charge in [-0.1, -0.05) is 29.8 Å². The number of nitrogens with zero attached hydrogens (tertiary/aromatic N) is 2. The Kier molecular flexibility index (Phi) is 7.46. The van der Waals surface area contributed by atoms with Gasteiger partial charge in [-0.15, -0.1) is 0 Å². The summed E-state index contributed by atoms with van der Waals surface area (Å²) in [6.07, 6.45) is 4.26. The zero-order chi connectivity index (χ0) is 19.8. The van der Waals surface area contributed by atoms with Crippen molar-refractivity contribution in [3.8, 4) is 17.2 Å². The molecule has 0 spiro atoms. The highest BCUT2D eigenvalue weighted by molar-refractivity contribution is 6.32. The summed E-state index contributed by atoms with van der Waals surface area (Å²) in [7, 11) is 3.30. The maximum absolute atomic E-state index is 6.12. The number of rotatable bonds is 8. The molecule has 1 fully saturated rings. The topological polar surface area (TPSA) is 34.2 Å². The van der Waals surface area contributed by atoms with Crippen LogP contribution in [0.25, 0.3) is 6.08 Å². The zero-order valence-electron chi connectivity index (χ0n) is 16.4. The van der Waals surface area contributed by atoms with Crippen LogP contribution in [-0.2, 0) is 0 Å². The van der Waals surface area contributed by atoms with Crippen molar-refractivity contribution in [1.29, 1.82) is 0 Å². The van der Waals surface area contributed by atoms with Gasteiger partial charge in [-0.3, -0.25) is 4.90 Å². The van der Waals surface area contributed by atoms with E-state index in [4.69, 9.17) is 25.8 Å². The Bertz CT molecular complexity index is 789. The number of methoxy groups -OCH3 is 2. The molecule has 2 aromatic carbocycles. The molecule has 1 saturated heterocycles. The fourth-order valence-electron chi connectivity index (χ4n) is 3.13. The summed E-state index contributed by atoms with van der Waals surface area (Å²) in [5.74, 6) is 2.24. The highest BCUT2D eigenvalue weighted by Crippen LogP contribution is 2.28. The predicted octanol–water partition coefficient (Wildman–Crippen LogP) is 4.02. The summed E-state index contributed by atoms with van der Waals surface area (Å²) >= 11 is 6.12. The first-order chi connectivity index (χ1) is 13.7. The van der Waals surface area contributed by atoms with Crippen molar-refractivity contribution in [3.05, 3.63) is 59.3 Å². The molecule has 0 aliphatic carbocycles. The molecular formula is C22H27ClN2O3. The summed E-state index contributed by atoms with van der Waals surface area (Å²) in [5, 5.41) is 0.660. The Hall–Kier alpha value is -2.37. The van der Waals surface area contributed by atoms with Gasteiger partial charge in [0.1, 0.15) is 12.4 Å². The monoisotopic (exact) mass is 402 g/mol. The van der Waals surface area contributed by atoms with Gasteiger partial charge in [0.25, 0.3) is 0 Å². The average molecular weight is 403 g/mol. The highest BCUT2D eigenvalue weighted by Gasteiger charge is 2.14. The average Bonchev–Trinajstić information content (AvgIpc) is 2.74. The fourth-order valence-corrected chi connectivity index (χ4v) is 3.32. The Morgan fingerprint density at radius 1 is 0.929 bits per heavy atom. The van der Waals surface area contributed by atoms with Crippen LogP contribution in [0.5, 0.6) is 17.2 Å². The lowest BCUT2D eigenvalue weighted by Crippen LogP contribution is -2.45. The molecule has 1 heterocycles. The number of hydrogen-bond acceptors (Lipinski definition) is 5. The lowest BCUT2D eigenvalue weighted by molar-refractivity contribution is 0.145. The quantitative estimate of drug-likeness (QED) is 0.666. The molecule has 150 valence electrons. The maximum Gasteiger partial charge on any atom is 0.161 e. The van der Waals surface area contributed by atoms with Crippen molar-refractivity contribution in [3.63, 3.8) is 0 Å². The molecule has 0 aromatic heterocycles. The standard InChI is InChI=1S/C22H27ClN2O3/c1-26-21-8-7-18(17-22(21)27-2)9-10-24-11-13-25(14-12-24)15-16-28-20-6-4-3-5-19(20)23/h3-10,17H,11-16H2,1-2H3. The van der Waals surface area contributed by atoms with Crippen LogP contribution in [0.1, 0.15) is 5.56 Å². The fraction of sp³-hybridized carbons (Fsp3) is 0.364. The smallest absolute Gasteiger partial charge is 0.161 e. The lowest BCUT2D eigenvalue weighted by Gasteiger charge is -2.34. The van der Waals surface area contributed by atoms with Crippen molar-refractivity contribution in [2.45, 2.75) is 0 Å². The second kappa shape index (κ2) is 10.2. The predicted molar refractivity (Wildman–Crippen MR) is 114 cm³/mol. The molecule has 0 N–H and O–H groups in total. The van der Waals surface area contributed by atoms with Crippen LogP contribution in [-0.4, -0.2) is 63.4 Å². The normalized spacial score (nSPS) is 15.0. The molecule has 0 bridgehead atoms. The first-order valence-electron chi connectivity index (χ1n) is 9.43. The number of benzene rings is 2. The van der Waals surface area contributed by atoms with E-state index in [2.05, 4.69) is 22.1 Å². The molecule has 0 unspecified atom stereocenters. The number of hydrogen-bond donors (Lipinski definition) is 0. The summed E-state index contributed by atoms with van der Waals surface area (Å²) in [4.78, 5) is 4.75. The van der Waals surface area contributed by atoms with E-state index in [1.54, 1.807) is 14.2 Å². The van der Waals surface area contributed by atoms with Gasteiger partial charge in [0.2, 0.25) is 0 Å². The summed E-state index contributed by atoms with van der Waals surface area (Å²) in [6, 6.07) is 13.5. The van der Waals surface area contributed by atoms with Gasteiger partial charge in [0, 0.05) is 32.7 Å². The van der Waals surface area contributed by atoms with Gasteiger partial charge < -0.3 is 19.1 Å². The third kappa shape index (κ3) is 5.57. The van der Waals surface area contributed by atoms with Crippen LogP contribution in [0.2, 0.25) is 5.02 Å². The van der Waals surface area contributed by atoms with Crippen LogP contribution < -0.4 is 14.2 Å². The Morgan fingerprint density at radius 2 is 1.68 bits per heavy atom. The lowest BCUT2D eigenvalue weighted by atomic mass is 10.2. The number of halogens is 1. The van der Waals surface area contributed by atoms with Gasteiger partial charge in [-0.25, -0.2) is 0 Å². The Balaban J connectivity index is 1.42. The largest absolute Gasteiger partial charge is 0.493 e. The van der Waals surface area contributed by atoms with Gasteiger partial charge in [-0.05, 0) is 42.1 Å². The molecule has 5 nitrogen and oxygen atoms in total. The third-order valence-corrected chi connectivity index (χ3v) is 5.11. The molecule has 0 amide bonds. The van der Waals surface area contributed by atoms with Crippen LogP contribution in [0.15, 0.2) is 48.7 Å². The SMILES string of the molecule is COc1ccc(C=CN2CCN(CCOc3ccccc3Cl)CC2)cc1OC. The Labute approximate surface area is 172 Å². The van der Waals surface area contributed by atoms with E-state index < -0.39 is 0 Å². The van der Waals surface area contributed by atoms with E-state index in [1.165, 1.54) is 0 Å². The van der Waals surface area contributed by atoms with Gasteiger partial charge >= 0.3 is 0 Å². The number of piperazine rings is 1. The second-order valence-corrected chi connectivity index (χ2v) is 6.99. The van der Waals surface area contributed by atoms with Gasteiger partial charge in [-0.2, -0.15) is 0 Å². The maximum atomic E-state index is 6.12. The van der Waals surface area contributed by atoms with Crippen molar-refractivity contribution in [2.24, 2.45) is 0 Å². The van der Waals surface area contributed by atoms with E-state index in [9.17, 15) is 0 Å². The third-order valence-electron chi connectivity index (χ3n) is 4.79. The van der Waals surface area contributed by atoms with Crippen molar-refractivity contribution >= 4 is 17.7 Å². The molecule has 6 heteroatoms. The van der Waals surface area contributed by atoms with E-state index in [1.807, 2.05) is 42.5 Å². The molecule has 1 aliphatic heterocycles. The number of para-hydroxylation sites is 1. The van der Waals surface area contributed by atoms with Crippen molar-refractivity contribution < 1.29 is 14.2 Å². The molecule has 3 rings (SSSR count). The minimum Gasteiger partial charge on any atom is -0.493 e. The van der Waals surface area contributed by atoms with Crippen LogP contribution in [0.4, 0.5) is 0 Å². The molecule has 0 atom stereocenters. The zero-order valence-corrected chi connectivity index (χ0v) is 17.2. The molecule has 28 heavy (non-hydrogen) atoms. The van der Waals surface area contributed by atoms with E-state index >= 15 is 0 Å². The minimum atomic E-state index is 0.644. The minimum absolute atomic E-state index is 0.644.